The van der Waals surface area contributed by atoms with E-state index in [1.54, 1.807) is 6.08 Å². The SMILES string of the molecule is [2H]C(/C=C\C/C=C\C/C=C\C/C=C\C/C=C\CC)C([2H])([2H])C([2H])([2H])C(=O)O. The average Bonchev–Trinajstić information content (AvgIpc) is 2.61. The molecule has 0 fully saturated rings. The predicted octanol–water partition coefficient (Wildman–Crippen LogP) is 5.99. The topological polar surface area (TPSA) is 37.3 Å². The quantitative estimate of drug-likeness (QED) is 0.424. The average molecular weight is 307 g/mol. The molecule has 0 radical (unpaired) electrons. The highest BCUT2D eigenvalue weighted by atomic mass is 16.4. The van der Waals surface area contributed by atoms with E-state index >= 15 is 0 Å². The van der Waals surface area contributed by atoms with Crippen LogP contribution in [0.5, 0.6) is 0 Å². The first kappa shape index (κ1) is 12.7. The van der Waals surface area contributed by atoms with E-state index in [9.17, 15) is 4.79 Å². The molecule has 0 aromatic heterocycles. The van der Waals surface area contributed by atoms with Crippen LogP contribution in [0.25, 0.3) is 0 Å². The van der Waals surface area contributed by atoms with Gasteiger partial charge in [0.25, 0.3) is 0 Å². The van der Waals surface area contributed by atoms with E-state index in [1.807, 2.05) is 18.2 Å². The number of hydrogen-bond donors (Lipinski definition) is 1. The van der Waals surface area contributed by atoms with Crippen molar-refractivity contribution in [1.82, 2.24) is 0 Å². The standard InChI is InChI=1S/C20H30O2/c1-2-3-4-5-6-7-8-9-10-11-12-13-14-15-16-17-18-19-20(21)22/h3-4,6-7,9-10,12-13,15-16H,2,5,8,11,14,17-19H2,1H3,(H,21,22)/b4-3-,7-6-,10-9-,13-12-,16-15-/i17D,18D2,19D2. The van der Waals surface area contributed by atoms with E-state index < -0.39 is 25.1 Å². The van der Waals surface area contributed by atoms with Crippen molar-refractivity contribution in [3.8, 4) is 0 Å². The van der Waals surface area contributed by atoms with Crippen molar-refractivity contribution in [3.63, 3.8) is 0 Å². The highest BCUT2D eigenvalue weighted by Gasteiger charge is 1.92. The number of allylic oxidation sites excluding steroid dienone is 10. The molecule has 0 spiro atoms. The lowest BCUT2D eigenvalue weighted by Crippen LogP contribution is -1.92. The molecule has 22 heavy (non-hydrogen) atoms. The molecule has 0 heterocycles. The van der Waals surface area contributed by atoms with Crippen LogP contribution < -0.4 is 0 Å². The zero-order valence-electron chi connectivity index (χ0n) is 18.2. The molecule has 0 saturated heterocycles. The monoisotopic (exact) mass is 307 g/mol. The summed E-state index contributed by atoms with van der Waals surface area (Å²) in [5, 5.41) is 8.77. The molecule has 2 heteroatoms. The number of aliphatic carboxylic acids is 1. The van der Waals surface area contributed by atoms with Crippen molar-refractivity contribution < 1.29 is 16.8 Å². The van der Waals surface area contributed by atoms with Crippen molar-refractivity contribution in [2.45, 2.75) is 58.2 Å². The summed E-state index contributed by atoms with van der Waals surface area (Å²) < 4.78 is 37.4. The molecule has 0 aliphatic carbocycles. The zero-order chi connectivity index (χ0) is 20.8. The van der Waals surface area contributed by atoms with E-state index in [4.69, 9.17) is 12.0 Å². The summed E-state index contributed by atoms with van der Waals surface area (Å²) in [5.74, 6) is -1.91. The summed E-state index contributed by atoms with van der Waals surface area (Å²) in [6, 6.07) is 0. The normalized spacial score (nSPS) is 18.9. The second-order valence-corrected chi connectivity index (χ2v) is 4.41. The first-order valence-corrected chi connectivity index (χ1v) is 7.60. The molecule has 2 nitrogen and oxygen atoms in total. The summed E-state index contributed by atoms with van der Waals surface area (Å²) in [7, 11) is 0. The van der Waals surface area contributed by atoms with E-state index in [0.717, 1.165) is 25.7 Å². The lowest BCUT2D eigenvalue weighted by molar-refractivity contribution is -0.137. The van der Waals surface area contributed by atoms with Crippen LogP contribution >= 0.6 is 0 Å². The Morgan fingerprint density at radius 3 is 1.64 bits per heavy atom. The molecule has 0 bridgehead atoms. The molecule has 122 valence electrons. The van der Waals surface area contributed by atoms with Gasteiger partial charge in [-0.15, -0.1) is 0 Å². The summed E-state index contributed by atoms with van der Waals surface area (Å²) >= 11 is 0. The van der Waals surface area contributed by atoms with Crippen LogP contribution in [-0.2, 0) is 4.79 Å². The van der Waals surface area contributed by atoms with E-state index in [-0.39, 0.29) is 0 Å². The van der Waals surface area contributed by atoms with Crippen molar-refractivity contribution in [2.24, 2.45) is 0 Å². The lowest BCUT2D eigenvalue weighted by Gasteiger charge is -1.89. The minimum absolute atomic E-state index is 0.471. The van der Waals surface area contributed by atoms with Gasteiger partial charge >= 0.3 is 5.97 Å². The largest absolute Gasteiger partial charge is 0.481 e. The van der Waals surface area contributed by atoms with Crippen LogP contribution in [0.2, 0.25) is 0 Å². The minimum Gasteiger partial charge on any atom is -0.481 e. The zero-order valence-corrected chi connectivity index (χ0v) is 13.2. The highest BCUT2D eigenvalue weighted by Crippen LogP contribution is 1.99. The molecule has 0 aromatic carbocycles. The maximum Gasteiger partial charge on any atom is 0.303 e. The molecular formula is C20H30O2. The smallest absolute Gasteiger partial charge is 0.303 e. The Labute approximate surface area is 142 Å². The molecule has 1 N–H and O–H groups in total. The van der Waals surface area contributed by atoms with Crippen molar-refractivity contribution >= 4 is 5.97 Å². The fraction of sp³-hybridized carbons (Fsp3) is 0.450. The van der Waals surface area contributed by atoms with Crippen LogP contribution in [0.1, 0.15) is 65.0 Å². The Bertz CT molecular complexity index is 575. The Balaban J connectivity index is 4.16. The number of hydrogen-bond acceptors (Lipinski definition) is 1. The predicted molar refractivity (Wildman–Crippen MR) is 95.9 cm³/mol. The third kappa shape index (κ3) is 18.2. The van der Waals surface area contributed by atoms with E-state index in [0.29, 0.717) is 6.42 Å². The molecule has 0 aliphatic rings. The van der Waals surface area contributed by atoms with Gasteiger partial charge in [0.05, 0.1) is 0 Å². The van der Waals surface area contributed by atoms with Gasteiger partial charge in [-0.05, 0) is 44.9 Å². The van der Waals surface area contributed by atoms with Gasteiger partial charge in [0.2, 0.25) is 0 Å². The minimum atomic E-state index is -3.12. The summed E-state index contributed by atoms with van der Waals surface area (Å²) in [6.45, 7) is 2.11. The number of rotatable bonds is 13. The second-order valence-electron chi connectivity index (χ2n) is 4.41. The maximum atomic E-state index is 10.8. The molecule has 0 amide bonds. The van der Waals surface area contributed by atoms with Crippen LogP contribution in [0.15, 0.2) is 60.8 Å². The highest BCUT2D eigenvalue weighted by molar-refractivity contribution is 5.66. The van der Waals surface area contributed by atoms with Gasteiger partial charge in [0, 0.05) is 13.2 Å². The first-order valence-electron chi connectivity index (χ1n) is 10.2. The molecule has 1 unspecified atom stereocenters. The van der Waals surface area contributed by atoms with Gasteiger partial charge in [-0.1, -0.05) is 67.7 Å². The van der Waals surface area contributed by atoms with Crippen LogP contribution in [0.3, 0.4) is 0 Å². The van der Waals surface area contributed by atoms with Gasteiger partial charge in [-0.25, -0.2) is 0 Å². The van der Waals surface area contributed by atoms with Gasteiger partial charge in [-0.2, -0.15) is 0 Å². The Morgan fingerprint density at radius 1 is 0.818 bits per heavy atom. The van der Waals surface area contributed by atoms with Gasteiger partial charge in [0.15, 0.2) is 0 Å². The molecular weight excluding hydrogens is 272 g/mol. The third-order valence-electron chi connectivity index (χ3n) is 2.49. The molecule has 0 aromatic rings. The van der Waals surface area contributed by atoms with Gasteiger partial charge < -0.3 is 5.11 Å². The van der Waals surface area contributed by atoms with Gasteiger partial charge in [0.1, 0.15) is 0 Å². The number of carboxylic acid groups (broad SMARTS) is 1. The number of carbonyl (C=O) groups is 1. The molecule has 0 saturated carbocycles. The van der Waals surface area contributed by atoms with E-state index in [1.165, 1.54) is 6.08 Å². The fourth-order valence-electron chi connectivity index (χ4n) is 1.45. The maximum absolute atomic E-state index is 10.8. The number of carboxylic acids is 1. The lowest BCUT2D eigenvalue weighted by atomic mass is 10.2. The first-order chi connectivity index (χ1) is 12.7. The van der Waals surface area contributed by atoms with Gasteiger partial charge in [-0.3, -0.25) is 4.79 Å². The van der Waals surface area contributed by atoms with Crippen LogP contribution in [0, 0.1) is 0 Å². The van der Waals surface area contributed by atoms with Crippen molar-refractivity contribution in [2.75, 3.05) is 0 Å². The summed E-state index contributed by atoms with van der Waals surface area (Å²) in [6.07, 6.45) is 15.8. The molecule has 0 rings (SSSR count). The van der Waals surface area contributed by atoms with Crippen LogP contribution in [-0.4, -0.2) is 11.1 Å². The fourth-order valence-corrected chi connectivity index (χ4v) is 1.45. The Hall–Kier alpha value is -1.83. The third-order valence-corrected chi connectivity index (χ3v) is 2.49. The summed E-state index contributed by atoms with van der Waals surface area (Å²) in [5.41, 5.74) is 0. The Kier molecular flexibility index (Phi) is 9.93. The second kappa shape index (κ2) is 17.2. The van der Waals surface area contributed by atoms with Crippen molar-refractivity contribution in [3.05, 3.63) is 60.8 Å². The Morgan fingerprint density at radius 2 is 1.23 bits per heavy atom. The molecule has 1 atom stereocenters. The summed E-state index contributed by atoms with van der Waals surface area (Å²) in [4.78, 5) is 10.8. The van der Waals surface area contributed by atoms with Crippen molar-refractivity contribution in [1.29, 1.82) is 0 Å². The molecule has 0 aliphatic heterocycles. The van der Waals surface area contributed by atoms with Crippen LogP contribution in [0.4, 0.5) is 0 Å². The van der Waals surface area contributed by atoms with E-state index in [2.05, 4.69) is 37.3 Å².